The smallest absolute Gasteiger partial charge is 0.126 e. The monoisotopic (exact) mass is 349 g/mol. The van der Waals surface area contributed by atoms with Crippen molar-refractivity contribution >= 4 is 19.1 Å². The van der Waals surface area contributed by atoms with Crippen molar-refractivity contribution in [3.05, 3.63) is 29.8 Å². The molecule has 0 atom stereocenters. The van der Waals surface area contributed by atoms with Crippen molar-refractivity contribution in [1.82, 2.24) is 4.90 Å². The van der Waals surface area contributed by atoms with Gasteiger partial charge in [0.15, 0.2) is 0 Å². The zero-order valence-electron chi connectivity index (χ0n) is 15.5. The molecule has 5 heteroatoms. The van der Waals surface area contributed by atoms with E-state index in [9.17, 15) is 0 Å². The van der Waals surface area contributed by atoms with E-state index in [0.717, 1.165) is 45.0 Å². The third-order valence-corrected chi connectivity index (χ3v) is 7.54. The lowest BCUT2D eigenvalue weighted by atomic mass is 10.2. The molecule has 1 fully saturated rings. The van der Waals surface area contributed by atoms with Crippen LogP contribution >= 0.6 is 7.92 Å². The Hall–Kier alpha value is -0.960. The molecule has 1 saturated heterocycles. The number of nitrogens with two attached hydrogens (primary N) is 1. The Balaban J connectivity index is 2.10. The first-order valence-corrected chi connectivity index (χ1v) is 10.5. The second-order valence-electron chi connectivity index (χ2n) is 6.83. The summed E-state index contributed by atoms with van der Waals surface area (Å²) in [6.07, 6.45) is 0. The molecule has 134 valence electrons. The zero-order chi connectivity index (χ0) is 17.5. The Bertz CT molecular complexity index is 531. The lowest BCUT2D eigenvalue weighted by Crippen LogP contribution is -2.38. The third-order valence-electron chi connectivity index (χ3n) is 4.37. The SMILES string of the molecule is CC(C)P(c1ccccc1C(N)=NCCN1CCOCC1)C(C)C. The van der Waals surface area contributed by atoms with Gasteiger partial charge in [-0.2, -0.15) is 0 Å². The molecule has 1 aliphatic rings. The molecule has 1 aromatic rings. The highest BCUT2D eigenvalue weighted by Crippen LogP contribution is 2.45. The Kier molecular flexibility index (Phi) is 7.67. The van der Waals surface area contributed by atoms with Gasteiger partial charge in [0.1, 0.15) is 5.84 Å². The van der Waals surface area contributed by atoms with E-state index in [0.29, 0.717) is 17.2 Å². The van der Waals surface area contributed by atoms with E-state index < -0.39 is 0 Å². The molecule has 0 aliphatic carbocycles. The van der Waals surface area contributed by atoms with Crippen LogP contribution in [-0.4, -0.2) is 61.4 Å². The van der Waals surface area contributed by atoms with Gasteiger partial charge in [-0.15, -0.1) is 0 Å². The number of ether oxygens (including phenoxy) is 1. The van der Waals surface area contributed by atoms with Crippen LogP contribution in [0.3, 0.4) is 0 Å². The summed E-state index contributed by atoms with van der Waals surface area (Å²) in [5, 5.41) is 1.39. The van der Waals surface area contributed by atoms with E-state index >= 15 is 0 Å². The fourth-order valence-electron chi connectivity index (χ4n) is 3.29. The van der Waals surface area contributed by atoms with Crippen molar-refractivity contribution in [2.75, 3.05) is 39.4 Å². The first-order chi connectivity index (χ1) is 11.5. The molecule has 0 unspecified atom stereocenters. The highest BCUT2D eigenvalue weighted by Gasteiger charge is 2.22. The van der Waals surface area contributed by atoms with Crippen LogP contribution in [0.15, 0.2) is 29.3 Å². The minimum Gasteiger partial charge on any atom is -0.383 e. The normalized spacial score (nSPS) is 17.2. The van der Waals surface area contributed by atoms with Crippen molar-refractivity contribution in [1.29, 1.82) is 0 Å². The van der Waals surface area contributed by atoms with Gasteiger partial charge >= 0.3 is 0 Å². The van der Waals surface area contributed by atoms with E-state index in [2.05, 4.69) is 61.9 Å². The standard InChI is InChI=1S/C19H32N3OP/c1-15(2)24(16(3)4)18-8-6-5-7-17(18)19(20)21-9-10-22-11-13-23-14-12-22/h5-8,15-16H,9-14H2,1-4H3,(H2,20,21). The summed E-state index contributed by atoms with van der Waals surface area (Å²) in [5.41, 5.74) is 8.78. The van der Waals surface area contributed by atoms with E-state index in [1.54, 1.807) is 0 Å². The van der Waals surface area contributed by atoms with Crippen LogP contribution < -0.4 is 11.0 Å². The Labute approximate surface area is 148 Å². The summed E-state index contributed by atoms with van der Waals surface area (Å²) < 4.78 is 5.38. The minimum absolute atomic E-state index is 0.242. The lowest BCUT2D eigenvalue weighted by molar-refractivity contribution is 0.0394. The first kappa shape index (κ1) is 19.4. The van der Waals surface area contributed by atoms with Gasteiger partial charge in [0.05, 0.1) is 19.8 Å². The van der Waals surface area contributed by atoms with Crippen molar-refractivity contribution in [2.45, 2.75) is 39.0 Å². The van der Waals surface area contributed by atoms with Gasteiger partial charge in [0.2, 0.25) is 0 Å². The van der Waals surface area contributed by atoms with Crippen LogP contribution in [0.1, 0.15) is 33.3 Å². The highest BCUT2D eigenvalue weighted by molar-refractivity contribution is 7.67. The van der Waals surface area contributed by atoms with Crippen molar-refractivity contribution < 1.29 is 4.74 Å². The number of hydrogen-bond acceptors (Lipinski definition) is 3. The minimum atomic E-state index is -0.242. The highest BCUT2D eigenvalue weighted by atomic mass is 31.1. The molecule has 0 radical (unpaired) electrons. The topological polar surface area (TPSA) is 50.8 Å². The molecule has 2 rings (SSSR count). The fraction of sp³-hybridized carbons (Fsp3) is 0.632. The molecule has 0 saturated carbocycles. The Morgan fingerprint density at radius 3 is 2.42 bits per heavy atom. The van der Waals surface area contributed by atoms with Crippen LogP contribution in [0, 0.1) is 0 Å². The van der Waals surface area contributed by atoms with Gasteiger partial charge in [0, 0.05) is 25.2 Å². The van der Waals surface area contributed by atoms with Gasteiger partial charge in [-0.25, -0.2) is 0 Å². The first-order valence-electron chi connectivity index (χ1n) is 8.98. The Morgan fingerprint density at radius 1 is 1.17 bits per heavy atom. The van der Waals surface area contributed by atoms with Gasteiger partial charge in [-0.3, -0.25) is 9.89 Å². The van der Waals surface area contributed by atoms with Crippen LogP contribution in [0.5, 0.6) is 0 Å². The summed E-state index contributed by atoms with van der Waals surface area (Å²) in [7, 11) is -0.242. The van der Waals surface area contributed by atoms with Crippen molar-refractivity contribution in [3.63, 3.8) is 0 Å². The zero-order valence-corrected chi connectivity index (χ0v) is 16.4. The van der Waals surface area contributed by atoms with Crippen LogP contribution in [-0.2, 0) is 4.74 Å². The van der Waals surface area contributed by atoms with E-state index in [4.69, 9.17) is 10.5 Å². The number of nitrogens with zero attached hydrogens (tertiary/aromatic N) is 2. The lowest BCUT2D eigenvalue weighted by Gasteiger charge is -2.28. The summed E-state index contributed by atoms with van der Waals surface area (Å²) in [6.45, 7) is 14.6. The van der Waals surface area contributed by atoms with E-state index in [1.165, 1.54) is 5.30 Å². The summed E-state index contributed by atoms with van der Waals surface area (Å²) >= 11 is 0. The second-order valence-corrected chi connectivity index (χ2v) is 10.2. The van der Waals surface area contributed by atoms with Gasteiger partial charge < -0.3 is 10.5 Å². The van der Waals surface area contributed by atoms with Crippen LogP contribution in [0.4, 0.5) is 0 Å². The predicted molar refractivity (Wildman–Crippen MR) is 106 cm³/mol. The van der Waals surface area contributed by atoms with E-state index in [-0.39, 0.29) is 7.92 Å². The number of rotatable bonds is 7. The largest absolute Gasteiger partial charge is 0.383 e. The average molecular weight is 349 g/mol. The number of amidine groups is 1. The molecule has 1 aromatic carbocycles. The quantitative estimate of drug-likeness (QED) is 0.468. The molecular formula is C19H32N3OP. The van der Waals surface area contributed by atoms with Crippen LogP contribution in [0.2, 0.25) is 0 Å². The molecule has 0 spiro atoms. The number of hydrogen-bond donors (Lipinski definition) is 1. The third kappa shape index (κ3) is 5.27. The molecule has 1 aliphatic heterocycles. The maximum Gasteiger partial charge on any atom is 0.126 e. The number of aliphatic imine (C=N–C) groups is 1. The molecule has 0 bridgehead atoms. The van der Waals surface area contributed by atoms with Crippen molar-refractivity contribution in [2.24, 2.45) is 10.7 Å². The molecule has 0 amide bonds. The molecule has 24 heavy (non-hydrogen) atoms. The second kappa shape index (κ2) is 9.50. The molecular weight excluding hydrogens is 317 g/mol. The summed E-state index contributed by atoms with van der Waals surface area (Å²) in [4.78, 5) is 7.06. The molecule has 4 nitrogen and oxygen atoms in total. The average Bonchev–Trinajstić information content (AvgIpc) is 2.55. The maximum absolute atomic E-state index is 6.37. The Morgan fingerprint density at radius 2 is 1.79 bits per heavy atom. The summed E-state index contributed by atoms with van der Waals surface area (Å²) in [6, 6.07) is 8.56. The molecule has 0 aromatic heterocycles. The van der Waals surface area contributed by atoms with Gasteiger partial charge in [-0.1, -0.05) is 59.9 Å². The summed E-state index contributed by atoms with van der Waals surface area (Å²) in [5.74, 6) is 0.688. The van der Waals surface area contributed by atoms with Crippen LogP contribution in [0.25, 0.3) is 0 Å². The van der Waals surface area contributed by atoms with Crippen molar-refractivity contribution in [3.8, 4) is 0 Å². The number of benzene rings is 1. The fourth-order valence-corrected chi connectivity index (χ4v) is 6.32. The molecule has 2 N–H and O–H groups in total. The van der Waals surface area contributed by atoms with E-state index in [1.807, 2.05) is 0 Å². The molecule has 1 heterocycles. The number of morpholine rings is 1. The van der Waals surface area contributed by atoms with Gasteiger partial charge in [0.25, 0.3) is 0 Å². The predicted octanol–water partition coefficient (Wildman–Crippen LogP) is 2.65. The van der Waals surface area contributed by atoms with Gasteiger partial charge in [-0.05, 0) is 16.6 Å². The maximum atomic E-state index is 6.37.